The van der Waals surface area contributed by atoms with E-state index in [1.165, 1.54) is 0 Å². The summed E-state index contributed by atoms with van der Waals surface area (Å²) in [6, 6.07) is 8.78. The number of benzene rings is 1. The lowest BCUT2D eigenvalue weighted by atomic mass is 10.2. The van der Waals surface area contributed by atoms with E-state index in [9.17, 15) is 9.90 Å². The first-order valence-corrected chi connectivity index (χ1v) is 7.98. The number of amides is 1. The van der Waals surface area contributed by atoms with Crippen LogP contribution in [0.15, 0.2) is 24.3 Å². The summed E-state index contributed by atoms with van der Waals surface area (Å²) in [6.45, 7) is 2.85. The lowest BCUT2D eigenvalue weighted by Gasteiger charge is -2.16. The van der Waals surface area contributed by atoms with Crippen molar-refractivity contribution in [2.75, 3.05) is 32.8 Å². The van der Waals surface area contributed by atoms with E-state index in [2.05, 4.69) is 5.32 Å². The molecule has 1 saturated heterocycles. The molecule has 6 heteroatoms. The Kier molecular flexibility index (Phi) is 6.85. The molecule has 1 atom stereocenters. The molecule has 6 nitrogen and oxygen atoms in total. The Morgan fingerprint density at radius 3 is 2.70 bits per heavy atom. The van der Waals surface area contributed by atoms with Crippen LogP contribution in [0.25, 0.3) is 0 Å². The Balaban J connectivity index is 1.56. The van der Waals surface area contributed by atoms with Crippen LogP contribution in [-0.4, -0.2) is 54.8 Å². The maximum absolute atomic E-state index is 11.8. The summed E-state index contributed by atoms with van der Waals surface area (Å²) in [5.74, 6) is 0.797. The monoisotopic (exact) mass is 317 g/mol. The molecular formula is C17H23N3O3. The highest BCUT2D eigenvalue weighted by Crippen LogP contribution is 2.11. The highest BCUT2D eigenvalue weighted by molar-refractivity contribution is 5.76. The van der Waals surface area contributed by atoms with Crippen LogP contribution in [0.3, 0.4) is 0 Å². The normalized spacial score (nSPS) is 15.2. The van der Waals surface area contributed by atoms with Crippen molar-refractivity contribution in [3.63, 3.8) is 0 Å². The number of carbonyl (C=O) groups is 1. The average molecular weight is 317 g/mol. The van der Waals surface area contributed by atoms with Crippen molar-refractivity contribution in [3.05, 3.63) is 29.8 Å². The number of likely N-dealkylation sites (tertiary alicyclic amines) is 1. The van der Waals surface area contributed by atoms with E-state index in [1.54, 1.807) is 24.3 Å². The molecule has 0 bridgehead atoms. The van der Waals surface area contributed by atoms with Crippen LogP contribution in [0.5, 0.6) is 5.75 Å². The van der Waals surface area contributed by atoms with Crippen LogP contribution in [0.4, 0.5) is 0 Å². The number of rotatable bonds is 8. The second-order valence-corrected chi connectivity index (χ2v) is 5.64. The summed E-state index contributed by atoms with van der Waals surface area (Å²) in [6.07, 6.45) is 2.02. The molecule has 2 rings (SSSR count). The van der Waals surface area contributed by atoms with Crippen molar-refractivity contribution >= 4 is 5.91 Å². The number of nitrogens with zero attached hydrogens (tertiary/aromatic N) is 2. The van der Waals surface area contributed by atoms with Crippen molar-refractivity contribution in [1.82, 2.24) is 10.2 Å². The Labute approximate surface area is 136 Å². The maximum atomic E-state index is 11.8. The van der Waals surface area contributed by atoms with Crippen LogP contribution >= 0.6 is 0 Å². The SMILES string of the molecule is N#Cc1ccc(OCC(O)CNCCC(=O)N2CCCC2)cc1. The van der Waals surface area contributed by atoms with Gasteiger partial charge in [0.1, 0.15) is 18.5 Å². The standard InChI is InChI=1S/C17H23N3O3/c18-11-14-3-5-16(6-4-14)23-13-15(21)12-19-8-7-17(22)20-9-1-2-10-20/h3-6,15,19,21H,1-2,7-10,12-13H2. The van der Waals surface area contributed by atoms with E-state index < -0.39 is 6.10 Å². The summed E-state index contributed by atoms with van der Waals surface area (Å²) in [5, 5.41) is 21.6. The van der Waals surface area contributed by atoms with Gasteiger partial charge in [0.2, 0.25) is 5.91 Å². The van der Waals surface area contributed by atoms with Gasteiger partial charge in [-0.3, -0.25) is 4.79 Å². The molecule has 0 spiro atoms. The van der Waals surface area contributed by atoms with Gasteiger partial charge in [-0.25, -0.2) is 0 Å². The Hall–Kier alpha value is -2.10. The molecule has 0 aromatic heterocycles. The van der Waals surface area contributed by atoms with Gasteiger partial charge in [0, 0.05) is 32.6 Å². The summed E-state index contributed by atoms with van der Waals surface area (Å²) in [4.78, 5) is 13.7. The molecule has 2 N–H and O–H groups in total. The van der Waals surface area contributed by atoms with E-state index in [1.807, 2.05) is 11.0 Å². The molecule has 1 amide bonds. The van der Waals surface area contributed by atoms with Gasteiger partial charge < -0.3 is 20.1 Å². The average Bonchev–Trinajstić information content (AvgIpc) is 3.12. The largest absolute Gasteiger partial charge is 0.491 e. The first kappa shape index (κ1) is 17.3. The van der Waals surface area contributed by atoms with Crippen LogP contribution in [-0.2, 0) is 4.79 Å². The molecule has 0 saturated carbocycles. The second-order valence-electron chi connectivity index (χ2n) is 5.64. The number of nitrogens with one attached hydrogen (secondary N) is 1. The van der Waals surface area contributed by atoms with Gasteiger partial charge in [-0.15, -0.1) is 0 Å². The quantitative estimate of drug-likeness (QED) is 0.696. The molecule has 1 aromatic carbocycles. The van der Waals surface area contributed by atoms with Gasteiger partial charge in [0.15, 0.2) is 0 Å². The van der Waals surface area contributed by atoms with Crippen LogP contribution < -0.4 is 10.1 Å². The molecular weight excluding hydrogens is 294 g/mol. The maximum Gasteiger partial charge on any atom is 0.223 e. The van der Waals surface area contributed by atoms with E-state index >= 15 is 0 Å². The smallest absolute Gasteiger partial charge is 0.223 e. The second kappa shape index (κ2) is 9.13. The third-order valence-electron chi connectivity index (χ3n) is 3.78. The van der Waals surface area contributed by atoms with Crippen LogP contribution in [0, 0.1) is 11.3 Å². The number of hydrogen-bond donors (Lipinski definition) is 2. The summed E-state index contributed by atoms with van der Waals surface area (Å²) < 4.78 is 5.45. The topological polar surface area (TPSA) is 85.6 Å². The minimum atomic E-state index is -0.646. The van der Waals surface area contributed by atoms with Gasteiger partial charge >= 0.3 is 0 Å². The fourth-order valence-electron chi connectivity index (χ4n) is 2.47. The van der Waals surface area contributed by atoms with Gasteiger partial charge in [0.05, 0.1) is 11.6 Å². The minimum absolute atomic E-state index is 0.166. The third-order valence-corrected chi connectivity index (χ3v) is 3.78. The predicted octanol–water partition coefficient (Wildman–Crippen LogP) is 0.900. The lowest BCUT2D eigenvalue weighted by Crippen LogP contribution is -2.35. The molecule has 23 heavy (non-hydrogen) atoms. The number of aliphatic hydroxyl groups is 1. The number of carbonyl (C=O) groups excluding carboxylic acids is 1. The fourth-order valence-corrected chi connectivity index (χ4v) is 2.47. The van der Waals surface area contributed by atoms with Crippen molar-refractivity contribution in [2.45, 2.75) is 25.4 Å². The van der Waals surface area contributed by atoms with E-state index in [0.717, 1.165) is 25.9 Å². The number of hydrogen-bond acceptors (Lipinski definition) is 5. The third kappa shape index (κ3) is 5.89. The highest BCUT2D eigenvalue weighted by atomic mass is 16.5. The zero-order chi connectivity index (χ0) is 16.5. The Morgan fingerprint density at radius 1 is 1.35 bits per heavy atom. The molecule has 1 aliphatic rings. The number of ether oxygens (including phenoxy) is 1. The zero-order valence-electron chi connectivity index (χ0n) is 13.2. The van der Waals surface area contributed by atoms with E-state index in [0.29, 0.717) is 30.8 Å². The first-order chi connectivity index (χ1) is 11.2. The summed E-state index contributed by atoms with van der Waals surface area (Å²) >= 11 is 0. The van der Waals surface area contributed by atoms with Gasteiger partial charge in [-0.1, -0.05) is 0 Å². The molecule has 1 aliphatic heterocycles. The van der Waals surface area contributed by atoms with E-state index in [-0.39, 0.29) is 12.5 Å². The highest BCUT2D eigenvalue weighted by Gasteiger charge is 2.17. The summed E-state index contributed by atoms with van der Waals surface area (Å²) in [5.41, 5.74) is 0.572. The van der Waals surface area contributed by atoms with Crippen molar-refractivity contribution in [1.29, 1.82) is 5.26 Å². The molecule has 1 aromatic rings. The number of nitriles is 1. The van der Waals surface area contributed by atoms with Gasteiger partial charge in [-0.05, 0) is 37.1 Å². The Morgan fingerprint density at radius 2 is 2.04 bits per heavy atom. The molecule has 0 radical (unpaired) electrons. The molecule has 1 unspecified atom stereocenters. The van der Waals surface area contributed by atoms with Gasteiger partial charge in [0.25, 0.3) is 0 Å². The molecule has 1 heterocycles. The minimum Gasteiger partial charge on any atom is -0.491 e. The predicted molar refractivity (Wildman–Crippen MR) is 86.0 cm³/mol. The fraction of sp³-hybridized carbons (Fsp3) is 0.529. The summed E-state index contributed by atoms with van der Waals surface area (Å²) in [7, 11) is 0. The lowest BCUT2D eigenvalue weighted by molar-refractivity contribution is -0.130. The number of aliphatic hydroxyl groups excluding tert-OH is 1. The van der Waals surface area contributed by atoms with Crippen molar-refractivity contribution in [3.8, 4) is 11.8 Å². The molecule has 0 aliphatic carbocycles. The van der Waals surface area contributed by atoms with Gasteiger partial charge in [-0.2, -0.15) is 5.26 Å². The first-order valence-electron chi connectivity index (χ1n) is 7.98. The molecule has 1 fully saturated rings. The van der Waals surface area contributed by atoms with E-state index in [4.69, 9.17) is 10.00 Å². The molecule has 124 valence electrons. The van der Waals surface area contributed by atoms with Crippen LogP contribution in [0.1, 0.15) is 24.8 Å². The zero-order valence-corrected chi connectivity index (χ0v) is 13.2. The Bertz CT molecular complexity index is 533. The van der Waals surface area contributed by atoms with Crippen molar-refractivity contribution in [2.24, 2.45) is 0 Å². The van der Waals surface area contributed by atoms with Crippen LogP contribution in [0.2, 0.25) is 0 Å². The van der Waals surface area contributed by atoms with Crippen molar-refractivity contribution < 1.29 is 14.6 Å².